The second-order valence-corrected chi connectivity index (χ2v) is 6.37. The predicted octanol–water partition coefficient (Wildman–Crippen LogP) is 3.89. The van der Waals surface area contributed by atoms with Gasteiger partial charge in [-0.05, 0) is 38.1 Å². The van der Waals surface area contributed by atoms with E-state index in [4.69, 9.17) is 4.74 Å². The summed E-state index contributed by atoms with van der Waals surface area (Å²) >= 11 is 0. The van der Waals surface area contributed by atoms with Gasteiger partial charge in [-0.25, -0.2) is 0 Å². The summed E-state index contributed by atoms with van der Waals surface area (Å²) in [6.07, 6.45) is 13.5. The first-order valence-corrected chi connectivity index (χ1v) is 8.09. The van der Waals surface area contributed by atoms with Crippen LogP contribution >= 0.6 is 0 Å². The Bertz CT molecular complexity index is 229. The molecule has 0 saturated heterocycles. The Morgan fingerprint density at radius 2 is 1.83 bits per heavy atom. The van der Waals surface area contributed by atoms with E-state index in [0.29, 0.717) is 6.04 Å². The van der Waals surface area contributed by atoms with Gasteiger partial charge in [0.15, 0.2) is 0 Å². The fraction of sp³-hybridized carbons (Fsp3) is 1.00. The summed E-state index contributed by atoms with van der Waals surface area (Å²) in [5.41, 5.74) is 0.133. The van der Waals surface area contributed by atoms with E-state index in [1.165, 1.54) is 64.2 Å². The summed E-state index contributed by atoms with van der Waals surface area (Å²) < 4.78 is 6.08. The SMILES string of the molecule is CCCNC(CC1CC1)C1(OC)CCCCCC1. The fourth-order valence-corrected chi connectivity index (χ4v) is 3.51. The van der Waals surface area contributed by atoms with Gasteiger partial charge in [-0.1, -0.05) is 45.4 Å². The third-order valence-corrected chi connectivity index (χ3v) is 4.90. The lowest BCUT2D eigenvalue weighted by Gasteiger charge is -2.40. The van der Waals surface area contributed by atoms with E-state index >= 15 is 0 Å². The maximum atomic E-state index is 6.08. The molecule has 2 aliphatic carbocycles. The van der Waals surface area contributed by atoms with Gasteiger partial charge < -0.3 is 10.1 Å². The third kappa shape index (κ3) is 3.71. The minimum Gasteiger partial charge on any atom is -0.377 e. The second kappa shape index (κ2) is 6.91. The zero-order valence-corrected chi connectivity index (χ0v) is 12.3. The monoisotopic (exact) mass is 253 g/mol. The summed E-state index contributed by atoms with van der Waals surface area (Å²) in [4.78, 5) is 0. The molecule has 2 saturated carbocycles. The minimum absolute atomic E-state index is 0.133. The molecule has 2 nitrogen and oxygen atoms in total. The second-order valence-electron chi connectivity index (χ2n) is 6.37. The van der Waals surface area contributed by atoms with Crippen LogP contribution in [0.3, 0.4) is 0 Å². The lowest BCUT2D eigenvalue weighted by atomic mass is 9.83. The molecular weight excluding hydrogens is 222 g/mol. The highest BCUT2D eigenvalue weighted by atomic mass is 16.5. The van der Waals surface area contributed by atoms with Crippen LogP contribution in [0.15, 0.2) is 0 Å². The van der Waals surface area contributed by atoms with Crippen molar-refractivity contribution in [2.24, 2.45) is 5.92 Å². The normalized spacial score (nSPS) is 25.7. The van der Waals surface area contributed by atoms with Crippen molar-refractivity contribution in [3.63, 3.8) is 0 Å². The molecule has 0 aromatic heterocycles. The molecule has 1 unspecified atom stereocenters. The van der Waals surface area contributed by atoms with Gasteiger partial charge in [-0.2, -0.15) is 0 Å². The standard InChI is InChI=1S/C16H31NO/c1-3-12-17-15(13-14-8-9-14)16(18-2)10-6-4-5-7-11-16/h14-15,17H,3-13H2,1-2H3. The molecule has 2 fully saturated rings. The molecule has 0 heterocycles. The summed E-state index contributed by atoms with van der Waals surface area (Å²) in [5.74, 6) is 0.981. The molecular formula is C16H31NO. The van der Waals surface area contributed by atoms with Gasteiger partial charge in [0.1, 0.15) is 0 Å². The van der Waals surface area contributed by atoms with Gasteiger partial charge in [0.2, 0.25) is 0 Å². The Kier molecular flexibility index (Phi) is 5.50. The van der Waals surface area contributed by atoms with Crippen molar-refractivity contribution in [3.8, 4) is 0 Å². The number of rotatable bonds is 7. The zero-order valence-electron chi connectivity index (χ0n) is 12.3. The van der Waals surface area contributed by atoms with Crippen LogP contribution in [0.4, 0.5) is 0 Å². The van der Waals surface area contributed by atoms with Crippen molar-refractivity contribution in [1.29, 1.82) is 0 Å². The van der Waals surface area contributed by atoms with Crippen LogP contribution in [0.5, 0.6) is 0 Å². The quantitative estimate of drug-likeness (QED) is 0.695. The van der Waals surface area contributed by atoms with Gasteiger partial charge in [0, 0.05) is 13.2 Å². The first-order chi connectivity index (χ1) is 8.80. The molecule has 1 N–H and O–H groups in total. The van der Waals surface area contributed by atoms with Gasteiger partial charge in [-0.3, -0.25) is 0 Å². The van der Waals surface area contributed by atoms with Crippen molar-refractivity contribution in [2.75, 3.05) is 13.7 Å². The lowest BCUT2D eigenvalue weighted by Crippen LogP contribution is -2.52. The summed E-state index contributed by atoms with van der Waals surface area (Å²) in [5, 5.41) is 3.80. The molecule has 1 atom stereocenters. The third-order valence-electron chi connectivity index (χ3n) is 4.90. The van der Waals surface area contributed by atoms with Crippen LogP contribution < -0.4 is 5.32 Å². The van der Waals surface area contributed by atoms with Gasteiger partial charge in [-0.15, -0.1) is 0 Å². The van der Waals surface area contributed by atoms with Crippen LogP contribution in [-0.4, -0.2) is 25.3 Å². The lowest BCUT2D eigenvalue weighted by molar-refractivity contribution is -0.0559. The molecule has 2 aliphatic rings. The smallest absolute Gasteiger partial charge is 0.0831 e. The molecule has 2 rings (SSSR count). The van der Waals surface area contributed by atoms with Crippen molar-refractivity contribution in [1.82, 2.24) is 5.32 Å². The van der Waals surface area contributed by atoms with E-state index in [2.05, 4.69) is 12.2 Å². The Balaban J connectivity index is 2.01. The van der Waals surface area contributed by atoms with Crippen molar-refractivity contribution >= 4 is 0 Å². The Labute approximate surface area is 113 Å². The summed E-state index contributed by atoms with van der Waals surface area (Å²) in [6.45, 7) is 3.40. The van der Waals surface area contributed by atoms with Crippen molar-refractivity contribution < 1.29 is 4.74 Å². The first-order valence-electron chi connectivity index (χ1n) is 8.09. The molecule has 0 amide bonds. The zero-order chi connectivity index (χ0) is 12.8. The van der Waals surface area contributed by atoms with Crippen molar-refractivity contribution in [2.45, 2.75) is 82.8 Å². The van der Waals surface area contributed by atoms with E-state index in [-0.39, 0.29) is 5.60 Å². The topological polar surface area (TPSA) is 21.3 Å². The van der Waals surface area contributed by atoms with E-state index in [1.807, 2.05) is 7.11 Å². The van der Waals surface area contributed by atoms with Crippen LogP contribution in [-0.2, 0) is 4.74 Å². The number of methoxy groups -OCH3 is 1. The fourth-order valence-electron chi connectivity index (χ4n) is 3.51. The van der Waals surface area contributed by atoms with E-state index in [9.17, 15) is 0 Å². The van der Waals surface area contributed by atoms with Gasteiger partial charge >= 0.3 is 0 Å². The molecule has 0 aliphatic heterocycles. The average molecular weight is 253 g/mol. The Morgan fingerprint density at radius 1 is 1.17 bits per heavy atom. The van der Waals surface area contributed by atoms with Gasteiger partial charge in [0.05, 0.1) is 5.60 Å². The number of hydrogen-bond donors (Lipinski definition) is 1. The number of ether oxygens (including phenoxy) is 1. The van der Waals surface area contributed by atoms with Crippen LogP contribution in [0.1, 0.15) is 71.1 Å². The van der Waals surface area contributed by atoms with Crippen LogP contribution in [0, 0.1) is 5.92 Å². The predicted molar refractivity (Wildman–Crippen MR) is 76.9 cm³/mol. The molecule has 106 valence electrons. The van der Waals surface area contributed by atoms with Crippen molar-refractivity contribution in [3.05, 3.63) is 0 Å². The molecule has 0 radical (unpaired) electrons. The molecule has 0 spiro atoms. The molecule has 0 aromatic rings. The first kappa shape index (κ1) is 14.3. The average Bonchev–Trinajstić information content (AvgIpc) is 3.21. The highest BCUT2D eigenvalue weighted by Crippen LogP contribution is 2.40. The highest BCUT2D eigenvalue weighted by molar-refractivity contribution is 4.97. The summed E-state index contributed by atoms with van der Waals surface area (Å²) in [6, 6.07) is 0.591. The molecule has 0 aromatic carbocycles. The molecule has 0 bridgehead atoms. The van der Waals surface area contributed by atoms with Crippen LogP contribution in [0.2, 0.25) is 0 Å². The molecule has 18 heavy (non-hydrogen) atoms. The maximum absolute atomic E-state index is 6.08. The highest BCUT2D eigenvalue weighted by Gasteiger charge is 2.41. The van der Waals surface area contributed by atoms with Gasteiger partial charge in [0.25, 0.3) is 0 Å². The van der Waals surface area contributed by atoms with E-state index in [0.717, 1.165) is 12.5 Å². The Hall–Kier alpha value is -0.0800. The maximum Gasteiger partial charge on any atom is 0.0831 e. The van der Waals surface area contributed by atoms with E-state index < -0.39 is 0 Å². The summed E-state index contributed by atoms with van der Waals surface area (Å²) in [7, 11) is 1.94. The Morgan fingerprint density at radius 3 is 2.33 bits per heavy atom. The van der Waals surface area contributed by atoms with E-state index in [1.54, 1.807) is 0 Å². The number of nitrogens with one attached hydrogen (secondary N) is 1. The number of hydrogen-bond acceptors (Lipinski definition) is 2. The largest absolute Gasteiger partial charge is 0.377 e. The minimum atomic E-state index is 0.133. The van der Waals surface area contributed by atoms with Crippen LogP contribution in [0.25, 0.3) is 0 Å². The molecule has 2 heteroatoms.